The monoisotopic (exact) mass is 203 g/mol. The smallest absolute Gasteiger partial charge is 0.173 e. The van der Waals surface area contributed by atoms with Gasteiger partial charge in [0.2, 0.25) is 0 Å². The Labute approximate surface area is 89.1 Å². The lowest BCUT2D eigenvalue weighted by Crippen LogP contribution is -2.01. The molecule has 4 nitrogen and oxygen atoms in total. The van der Waals surface area contributed by atoms with Crippen LogP contribution < -0.4 is 0 Å². The Balaban J connectivity index is 2.84. The number of hydrogen-bond acceptors (Lipinski definition) is 3. The molecule has 0 spiro atoms. The molecular weight excluding hydrogens is 190 g/mol. The Morgan fingerprint density at radius 3 is 2.87 bits per heavy atom. The lowest BCUT2D eigenvalue weighted by Gasteiger charge is -1.99. The van der Waals surface area contributed by atoms with Gasteiger partial charge in [-0.15, -0.1) is 0 Å². The van der Waals surface area contributed by atoms with Crippen LogP contribution in [-0.2, 0) is 4.74 Å². The molecule has 0 amide bonds. The molecule has 1 heterocycles. The SMILES string of the molecule is C=C(C=NC(=NC)c1ccccn1)OC. The number of nitrogens with zero attached hydrogens (tertiary/aromatic N) is 3. The largest absolute Gasteiger partial charge is 0.496 e. The standard InChI is InChI=1S/C11H13N3O/c1-9(15-3)8-14-11(12-2)10-6-4-5-7-13-10/h4-8H,1H2,2-3H3. The van der Waals surface area contributed by atoms with Crippen LogP contribution >= 0.6 is 0 Å². The van der Waals surface area contributed by atoms with Crippen molar-refractivity contribution in [1.82, 2.24) is 4.98 Å². The van der Waals surface area contributed by atoms with Gasteiger partial charge in [-0.3, -0.25) is 9.98 Å². The van der Waals surface area contributed by atoms with Gasteiger partial charge < -0.3 is 4.74 Å². The maximum Gasteiger partial charge on any atom is 0.173 e. The van der Waals surface area contributed by atoms with Gasteiger partial charge in [-0.1, -0.05) is 12.6 Å². The third-order valence-electron chi connectivity index (χ3n) is 1.70. The van der Waals surface area contributed by atoms with E-state index in [1.54, 1.807) is 13.2 Å². The molecule has 1 rings (SSSR count). The van der Waals surface area contributed by atoms with Crippen molar-refractivity contribution in [3.63, 3.8) is 0 Å². The lowest BCUT2D eigenvalue weighted by atomic mass is 10.3. The summed E-state index contributed by atoms with van der Waals surface area (Å²) in [5, 5.41) is 0. The van der Waals surface area contributed by atoms with Gasteiger partial charge in [-0.05, 0) is 12.1 Å². The van der Waals surface area contributed by atoms with E-state index >= 15 is 0 Å². The van der Waals surface area contributed by atoms with Crippen LogP contribution in [0.5, 0.6) is 0 Å². The molecule has 0 fully saturated rings. The Bertz CT molecular complexity index is 382. The van der Waals surface area contributed by atoms with Gasteiger partial charge in [-0.25, -0.2) is 4.99 Å². The summed E-state index contributed by atoms with van der Waals surface area (Å²) in [5.74, 6) is 1.03. The number of hydrogen-bond donors (Lipinski definition) is 0. The molecule has 0 bridgehead atoms. The topological polar surface area (TPSA) is 46.8 Å². The summed E-state index contributed by atoms with van der Waals surface area (Å²) < 4.78 is 4.86. The minimum atomic E-state index is 0.479. The number of aromatic nitrogens is 1. The average molecular weight is 203 g/mol. The molecule has 0 aliphatic rings. The maximum atomic E-state index is 4.86. The van der Waals surface area contributed by atoms with Gasteiger partial charge in [0.25, 0.3) is 0 Å². The third-order valence-corrected chi connectivity index (χ3v) is 1.70. The van der Waals surface area contributed by atoms with E-state index in [0.717, 1.165) is 5.69 Å². The average Bonchev–Trinajstić information content (AvgIpc) is 2.31. The molecule has 0 N–H and O–H groups in total. The molecule has 0 atom stereocenters. The first kappa shape index (κ1) is 11.1. The molecule has 78 valence electrons. The van der Waals surface area contributed by atoms with Gasteiger partial charge in [0.15, 0.2) is 5.84 Å². The molecule has 0 aliphatic carbocycles. The van der Waals surface area contributed by atoms with Crippen LogP contribution in [0.3, 0.4) is 0 Å². The van der Waals surface area contributed by atoms with Crippen LogP contribution in [0.15, 0.2) is 46.7 Å². The highest BCUT2D eigenvalue weighted by Gasteiger charge is 1.99. The summed E-state index contributed by atoms with van der Waals surface area (Å²) in [6.45, 7) is 3.63. The summed E-state index contributed by atoms with van der Waals surface area (Å²) in [4.78, 5) is 12.3. The lowest BCUT2D eigenvalue weighted by molar-refractivity contribution is 0.319. The Hall–Kier alpha value is -1.97. The fourth-order valence-corrected chi connectivity index (χ4v) is 0.919. The fraction of sp³-hybridized carbons (Fsp3) is 0.182. The number of ether oxygens (including phenoxy) is 1. The van der Waals surface area contributed by atoms with Crippen LogP contribution in [0.25, 0.3) is 0 Å². The van der Waals surface area contributed by atoms with E-state index in [-0.39, 0.29) is 0 Å². The first-order valence-corrected chi connectivity index (χ1v) is 4.43. The van der Waals surface area contributed by atoms with Crippen molar-refractivity contribution in [2.75, 3.05) is 14.2 Å². The quantitative estimate of drug-likeness (QED) is 0.426. The van der Waals surface area contributed by atoms with E-state index in [9.17, 15) is 0 Å². The van der Waals surface area contributed by atoms with Crippen LogP contribution in [0.4, 0.5) is 0 Å². The second-order valence-corrected chi connectivity index (χ2v) is 2.69. The summed E-state index contributed by atoms with van der Waals surface area (Å²) >= 11 is 0. The Kier molecular flexibility index (Phi) is 4.22. The summed E-state index contributed by atoms with van der Waals surface area (Å²) in [5.41, 5.74) is 0.722. The molecule has 0 saturated carbocycles. The first-order valence-electron chi connectivity index (χ1n) is 4.43. The zero-order valence-corrected chi connectivity index (χ0v) is 8.84. The summed E-state index contributed by atoms with van der Waals surface area (Å²) in [6, 6.07) is 5.57. The van der Waals surface area contributed by atoms with E-state index in [1.165, 1.54) is 13.3 Å². The Morgan fingerprint density at radius 1 is 1.53 bits per heavy atom. The normalized spacial score (nSPS) is 11.7. The number of pyridine rings is 1. The number of aliphatic imine (C=N–C) groups is 2. The van der Waals surface area contributed by atoms with E-state index in [2.05, 4.69) is 21.5 Å². The van der Waals surface area contributed by atoms with Gasteiger partial charge in [0, 0.05) is 13.2 Å². The Morgan fingerprint density at radius 2 is 2.33 bits per heavy atom. The van der Waals surface area contributed by atoms with Crippen molar-refractivity contribution in [3.05, 3.63) is 42.4 Å². The third kappa shape index (κ3) is 3.34. The molecule has 1 aromatic rings. The van der Waals surface area contributed by atoms with Gasteiger partial charge in [0.1, 0.15) is 11.5 Å². The predicted octanol–water partition coefficient (Wildman–Crippen LogP) is 1.69. The molecule has 0 radical (unpaired) electrons. The van der Waals surface area contributed by atoms with Crippen molar-refractivity contribution in [1.29, 1.82) is 0 Å². The van der Waals surface area contributed by atoms with Crippen LogP contribution in [0, 0.1) is 0 Å². The zero-order valence-electron chi connectivity index (χ0n) is 8.84. The highest BCUT2D eigenvalue weighted by atomic mass is 16.5. The van der Waals surface area contributed by atoms with Crippen molar-refractivity contribution in [2.24, 2.45) is 9.98 Å². The van der Waals surface area contributed by atoms with Crippen LogP contribution in [0.1, 0.15) is 5.69 Å². The molecule has 1 aromatic heterocycles. The predicted molar refractivity (Wildman–Crippen MR) is 61.3 cm³/mol. The molecule has 4 heteroatoms. The summed E-state index contributed by atoms with van der Waals surface area (Å²) in [6.07, 6.45) is 3.21. The minimum Gasteiger partial charge on any atom is -0.496 e. The van der Waals surface area contributed by atoms with E-state index in [4.69, 9.17) is 4.74 Å². The van der Waals surface area contributed by atoms with Crippen LogP contribution in [-0.4, -0.2) is 31.2 Å². The molecule has 0 aromatic carbocycles. The maximum absolute atomic E-state index is 4.86. The number of rotatable bonds is 3. The fourth-order valence-electron chi connectivity index (χ4n) is 0.919. The van der Waals surface area contributed by atoms with Crippen molar-refractivity contribution in [2.45, 2.75) is 0 Å². The van der Waals surface area contributed by atoms with Gasteiger partial charge in [0.05, 0.1) is 13.3 Å². The highest BCUT2D eigenvalue weighted by Crippen LogP contribution is 1.98. The molecular formula is C11H13N3O. The minimum absolute atomic E-state index is 0.479. The number of methoxy groups -OCH3 is 1. The molecule has 0 saturated heterocycles. The summed E-state index contributed by atoms with van der Waals surface area (Å²) in [7, 11) is 3.20. The zero-order chi connectivity index (χ0) is 11.1. The van der Waals surface area contributed by atoms with E-state index in [1.807, 2.05) is 18.2 Å². The second-order valence-electron chi connectivity index (χ2n) is 2.69. The van der Waals surface area contributed by atoms with Gasteiger partial charge >= 0.3 is 0 Å². The van der Waals surface area contributed by atoms with Crippen molar-refractivity contribution >= 4 is 12.1 Å². The molecule has 0 unspecified atom stereocenters. The highest BCUT2D eigenvalue weighted by molar-refractivity contribution is 6.03. The van der Waals surface area contributed by atoms with E-state index < -0.39 is 0 Å². The number of amidine groups is 1. The first-order chi connectivity index (χ1) is 7.27. The molecule has 0 aliphatic heterocycles. The van der Waals surface area contributed by atoms with Gasteiger partial charge in [-0.2, -0.15) is 0 Å². The van der Waals surface area contributed by atoms with Crippen molar-refractivity contribution in [3.8, 4) is 0 Å². The molecule has 15 heavy (non-hydrogen) atoms. The second kappa shape index (κ2) is 5.70. The van der Waals surface area contributed by atoms with Crippen molar-refractivity contribution < 1.29 is 4.74 Å². The number of allylic oxidation sites excluding steroid dienone is 1. The van der Waals surface area contributed by atoms with Crippen LogP contribution in [0.2, 0.25) is 0 Å². The van der Waals surface area contributed by atoms with E-state index in [0.29, 0.717) is 11.6 Å².